The first-order valence-corrected chi connectivity index (χ1v) is 48.2. The van der Waals surface area contributed by atoms with Crippen molar-refractivity contribution in [3.8, 4) is 62.8 Å². The molecule has 3 N–H and O–H groups in total. The third kappa shape index (κ3) is 35.8. The summed E-state index contributed by atoms with van der Waals surface area (Å²) in [5.41, 5.74) is 14.5. The second kappa shape index (κ2) is 50.7. The first-order valence-electron chi connectivity index (χ1n) is 40.8. The van der Waals surface area contributed by atoms with E-state index in [1.165, 1.54) is 126 Å². The number of nitrogen functional groups attached to an aromatic ring is 1. The quantitative estimate of drug-likeness (QED) is 0.0325. The van der Waals surface area contributed by atoms with E-state index in [1.807, 2.05) is 24.7 Å². The number of nitrogens with two attached hydrogens (primary N) is 1. The van der Waals surface area contributed by atoms with Crippen molar-refractivity contribution in [3.63, 3.8) is 0 Å². The van der Waals surface area contributed by atoms with Crippen LogP contribution in [-0.2, 0) is 100 Å². The van der Waals surface area contributed by atoms with Crippen LogP contribution in [0.4, 0.5) is 62.9 Å². The van der Waals surface area contributed by atoms with E-state index >= 15 is 0 Å². The topological polar surface area (TPSA) is 354 Å². The Bertz CT molecular complexity index is 6970. The van der Waals surface area contributed by atoms with Crippen LogP contribution >= 0.6 is 31.9 Å². The van der Waals surface area contributed by atoms with Crippen LogP contribution in [0, 0.1) is 12.7 Å². The molecule has 0 unspecified atom stereocenters. The number of benzene rings is 7. The number of methoxy groups -OCH3 is 3. The van der Waals surface area contributed by atoms with Gasteiger partial charge in [0.15, 0.2) is 0 Å². The molecule has 0 aliphatic rings. The number of aryl methyl sites for hydroxylation is 4. The summed E-state index contributed by atoms with van der Waals surface area (Å²) in [6, 6.07) is 49.0. The summed E-state index contributed by atoms with van der Waals surface area (Å²) in [5, 5.41) is 0. The molecule has 50 heteroatoms. The number of anilines is 1. The molecule has 0 amide bonds. The van der Waals surface area contributed by atoms with E-state index in [-0.39, 0.29) is 106 Å². The van der Waals surface area contributed by atoms with Gasteiger partial charge in [-0.05, 0) is 203 Å². The van der Waals surface area contributed by atoms with Crippen LogP contribution in [0.25, 0.3) is 22.5 Å². The maximum Gasteiger partial charge on any atom is 1.00 e. The second-order valence-corrected chi connectivity index (χ2v) is 39.9. The Morgan fingerprint density at radius 1 is 0.380 bits per heavy atom. The summed E-state index contributed by atoms with van der Waals surface area (Å²) in [5.74, 6) is 0.0724. The molecule has 30 nitrogen and oxygen atoms in total. The number of halogens is 15. The number of imidazole rings is 3. The number of hydrogen-bond acceptors (Lipinski definition) is 23. The van der Waals surface area contributed by atoms with Crippen LogP contribution in [0.1, 0.15) is 57.6 Å². The van der Waals surface area contributed by atoms with Gasteiger partial charge in [0.1, 0.15) is 51.9 Å². The van der Waals surface area contributed by atoms with Crippen molar-refractivity contribution >= 4 is 77.8 Å². The van der Waals surface area contributed by atoms with Gasteiger partial charge in [-0.1, -0.05) is 70.5 Å². The summed E-state index contributed by atoms with van der Waals surface area (Å²) < 4.78 is 303. The number of sulfonamides is 4. The van der Waals surface area contributed by atoms with Crippen molar-refractivity contribution in [2.24, 2.45) is 21.1 Å². The van der Waals surface area contributed by atoms with Gasteiger partial charge in [0.2, 0.25) is 40.1 Å². The minimum absolute atomic E-state index is 0. The molecule has 14 aromatic rings. The molecule has 0 radical (unpaired) electrons. The minimum Gasteiger partial charge on any atom is -1.00 e. The van der Waals surface area contributed by atoms with E-state index in [2.05, 4.69) is 90.4 Å². The zero-order valence-corrected chi connectivity index (χ0v) is 85.7. The normalized spacial score (nSPS) is 11.8. The molecular weight excluding hydrogens is 2110 g/mol. The zero-order chi connectivity index (χ0) is 104. The summed E-state index contributed by atoms with van der Waals surface area (Å²) in [6.07, 6.45) is -3.97. The molecule has 754 valence electrons. The largest absolute Gasteiger partial charge is 1.00 e. The Hall–Kier alpha value is -12.1. The van der Waals surface area contributed by atoms with Gasteiger partial charge in [-0.25, -0.2) is 62.7 Å². The third-order valence-corrected chi connectivity index (χ3v) is 27.6. The molecule has 0 aliphatic heterocycles. The number of hydrogen-bond donors (Lipinski definition) is 2. The van der Waals surface area contributed by atoms with Crippen LogP contribution < -0.4 is 73.2 Å². The molecular formula is C92H91Br2F13N15NaO15S4. The van der Waals surface area contributed by atoms with E-state index in [0.717, 1.165) is 70.4 Å². The molecule has 7 aromatic carbocycles. The SMILES string of the molecule is CNS(=O)(=O)c1ccc(Cc2ccc(OC(F)(F)F)cn2)c(-c2cn(C)cn2)c1.COc1ccc(CN(C)S(=O)(=O)c2ccc(Cc3ccc(OC(F)(F)F)cn3)c(-c3cn(C)cn3)c2)cc1.COc1ccc(CN(C)S(=O)(=O)c2ccc(Cc3ccc(OC(F)(F)F)cn3)c(Br)c2)cc1.COc1ccc(CN(C)S(=O)(=O)c2ccc(F)c(Br)c2)cc1.Cc1cn(C)cn1.Nc1ccc(OC(F)(F)F)cn1.[H-].[Na+]. The van der Waals surface area contributed by atoms with Gasteiger partial charge in [-0.3, -0.25) is 15.0 Å². The van der Waals surface area contributed by atoms with Gasteiger partial charge in [0, 0.05) is 132 Å². The average molecular weight is 2200 g/mol. The number of rotatable bonds is 29. The van der Waals surface area contributed by atoms with E-state index < -0.39 is 88.6 Å². The van der Waals surface area contributed by atoms with E-state index in [9.17, 15) is 90.7 Å². The smallest absolute Gasteiger partial charge is 1.00 e. The molecule has 142 heavy (non-hydrogen) atoms. The molecule has 0 bridgehead atoms. The van der Waals surface area contributed by atoms with Gasteiger partial charge in [-0.2, -0.15) is 12.9 Å². The number of nitrogens with one attached hydrogen (secondary N) is 1. The van der Waals surface area contributed by atoms with E-state index in [0.29, 0.717) is 66.9 Å². The van der Waals surface area contributed by atoms with Gasteiger partial charge >= 0.3 is 55.0 Å². The molecule has 0 spiro atoms. The van der Waals surface area contributed by atoms with Crippen molar-refractivity contribution < 1.29 is 155 Å². The third-order valence-electron chi connectivity index (χ3n) is 19.5. The van der Waals surface area contributed by atoms with Crippen LogP contribution in [0.5, 0.6) is 40.2 Å². The van der Waals surface area contributed by atoms with Gasteiger partial charge < -0.3 is 54.0 Å². The van der Waals surface area contributed by atoms with Crippen molar-refractivity contribution in [2.75, 3.05) is 55.3 Å². The summed E-state index contributed by atoms with van der Waals surface area (Å²) in [4.78, 5) is 28.4. The minimum atomic E-state index is -4.81. The summed E-state index contributed by atoms with van der Waals surface area (Å²) in [7, 11) is 1.05. The number of ether oxygens (including phenoxy) is 7. The van der Waals surface area contributed by atoms with Gasteiger partial charge in [0.05, 0.1) is 106 Å². The fourth-order valence-electron chi connectivity index (χ4n) is 12.5. The molecule has 0 fully saturated rings. The molecule has 7 heterocycles. The Kier molecular flexibility index (Phi) is 41.1. The van der Waals surface area contributed by atoms with Crippen molar-refractivity contribution in [2.45, 2.75) is 90.9 Å². The predicted molar refractivity (Wildman–Crippen MR) is 502 cm³/mol. The Balaban J connectivity index is 0.000000245. The molecule has 0 saturated carbocycles. The molecule has 0 saturated heterocycles. The Morgan fingerprint density at radius 3 is 0.951 bits per heavy atom. The standard InChI is InChI=1S/C26H25F3N4O4S.C22H20BrF3N2O4S.C18H17F3N4O3S.C15H15BrFNO3S.C6H5F3N2O.C5H8N2.Na.H/c1-32-16-25(31-17-32)24-13-23(38(34,35)33(2)15-18-4-8-21(36-3)9-5-18)11-6-19(24)12-20-7-10-22(14-30-20)37-26(27,28)29;1-28(14-15-3-7-18(31-2)8-4-15)33(29,30)20-10-5-16(21(23)12-20)11-17-6-9-19(13-27-17)32-22(24,25)26;1-22-29(26,27)15-6-3-12(16(8-15)17-10-25(2)11-24-17)7-13-4-5-14(9-23-13)28-18(19,20)21;1-18(10-11-3-5-12(21-2)6-4-11)22(19,20)13-7-8-15(17)14(16)9-13;7-6(8,9)12-4-1-2-5(10)11-3-4;1-5-3-7(2)4-6-5;;/h4-11,13-14,16-17H,12,15H2,1-3H3;3-10,12-13H,11,14H2,1-2H3;3-6,8-11,22H,7H2,1-2H3;3-9H,10H2,1-2H3;1-3H,(H2,10,11);3-4H,1-2H3;;/q;;;;;;+1;-1. The fraction of sp³-hybridized carbons (Fsp3) is 0.228. The van der Waals surface area contributed by atoms with Crippen molar-refractivity contribution in [1.29, 1.82) is 0 Å². The number of alkyl halides is 12. The number of nitrogens with zero attached hydrogens (tertiary/aromatic N) is 13. The fourth-order valence-corrected chi connectivity index (χ4v) is 18.0. The van der Waals surface area contributed by atoms with Crippen LogP contribution in [-0.4, -0.2) is 170 Å². The summed E-state index contributed by atoms with van der Waals surface area (Å²) in [6.45, 7) is 2.52. The first-order chi connectivity index (χ1) is 66.1. The van der Waals surface area contributed by atoms with Gasteiger partial charge in [-0.15, -0.1) is 52.7 Å². The van der Waals surface area contributed by atoms with E-state index in [4.69, 9.17) is 19.9 Å². The number of aromatic nitrogens is 10. The first kappa shape index (κ1) is 115. The van der Waals surface area contributed by atoms with E-state index in [1.54, 1.807) is 173 Å². The van der Waals surface area contributed by atoms with Crippen LogP contribution in [0.15, 0.2) is 285 Å². The molecule has 7 aromatic heterocycles. The average Bonchev–Trinajstić information content (AvgIpc) is 1.39. The Morgan fingerprint density at radius 2 is 0.676 bits per heavy atom. The Labute approximate surface area is 849 Å². The monoisotopic (exact) mass is 2200 g/mol. The summed E-state index contributed by atoms with van der Waals surface area (Å²) >= 11 is 6.38. The van der Waals surface area contributed by atoms with Crippen LogP contribution in [0.2, 0.25) is 0 Å². The zero-order valence-electron chi connectivity index (χ0n) is 78.3. The van der Waals surface area contributed by atoms with Gasteiger partial charge in [0.25, 0.3) is 0 Å². The maximum atomic E-state index is 13.4. The van der Waals surface area contributed by atoms with Crippen molar-refractivity contribution in [3.05, 3.63) is 327 Å². The predicted octanol–water partition coefficient (Wildman–Crippen LogP) is 15.7. The second-order valence-electron chi connectivity index (χ2n) is 30.1. The molecule has 0 aliphatic carbocycles. The van der Waals surface area contributed by atoms with Crippen LogP contribution in [0.3, 0.4) is 0 Å². The van der Waals surface area contributed by atoms with Crippen molar-refractivity contribution in [1.82, 2.24) is 66.2 Å². The molecule has 0 atom stereocenters. The maximum absolute atomic E-state index is 13.4. The number of pyridine rings is 4. The molecule has 14 rings (SSSR count).